The van der Waals surface area contributed by atoms with Crippen LogP contribution < -0.4 is 5.73 Å². The Bertz CT molecular complexity index is 436. The molecule has 1 unspecified atom stereocenters. The molecule has 0 aliphatic carbocycles. The highest BCUT2D eigenvalue weighted by atomic mass is 16.5. The van der Waals surface area contributed by atoms with Crippen LogP contribution in [-0.4, -0.2) is 13.1 Å². The summed E-state index contributed by atoms with van der Waals surface area (Å²) in [4.78, 5) is 11.8. The van der Waals surface area contributed by atoms with E-state index in [1.54, 1.807) is 6.92 Å². The van der Waals surface area contributed by atoms with Gasteiger partial charge < -0.3 is 10.5 Å². The van der Waals surface area contributed by atoms with Gasteiger partial charge in [0.2, 0.25) is 0 Å². The maximum absolute atomic E-state index is 11.8. The summed E-state index contributed by atoms with van der Waals surface area (Å²) in [7, 11) is 1.36. The number of carbonyl (C=O) groups is 1. The molecule has 0 amide bonds. The van der Waals surface area contributed by atoms with Crippen molar-refractivity contribution in [3.05, 3.63) is 33.9 Å². The van der Waals surface area contributed by atoms with Gasteiger partial charge in [0.1, 0.15) is 5.54 Å². The molecule has 0 radical (unpaired) electrons. The summed E-state index contributed by atoms with van der Waals surface area (Å²) in [5.74, 6) is -0.409. The van der Waals surface area contributed by atoms with Crippen molar-refractivity contribution >= 4 is 5.97 Å². The van der Waals surface area contributed by atoms with Gasteiger partial charge in [-0.05, 0) is 62.4 Å². The second kappa shape index (κ2) is 4.49. The van der Waals surface area contributed by atoms with Crippen LogP contribution in [0.5, 0.6) is 0 Å². The van der Waals surface area contributed by atoms with E-state index in [4.69, 9.17) is 10.5 Å². The van der Waals surface area contributed by atoms with Gasteiger partial charge in [-0.2, -0.15) is 0 Å². The lowest BCUT2D eigenvalue weighted by Crippen LogP contribution is -2.44. The summed E-state index contributed by atoms with van der Waals surface area (Å²) in [5.41, 5.74) is 10.3. The number of esters is 1. The third kappa shape index (κ3) is 2.20. The summed E-state index contributed by atoms with van der Waals surface area (Å²) in [6.07, 6.45) is 0. The molecule has 94 valence electrons. The minimum absolute atomic E-state index is 0.409. The van der Waals surface area contributed by atoms with Crippen LogP contribution in [0.1, 0.15) is 34.7 Å². The van der Waals surface area contributed by atoms with Gasteiger partial charge in [-0.3, -0.25) is 0 Å². The molecule has 0 heterocycles. The fraction of sp³-hybridized carbons (Fsp3) is 0.500. The Morgan fingerprint density at radius 1 is 1.18 bits per heavy atom. The monoisotopic (exact) mass is 235 g/mol. The average Bonchev–Trinajstić information content (AvgIpc) is 2.25. The fourth-order valence-electron chi connectivity index (χ4n) is 2.31. The first-order valence-electron chi connectivity index (χ1n) is 5.68. The molecule has 2 N–H and O–H groups in total. The van der Waals surface area contributed by atoms with E-state index in [2.05, 4.69) is 6.07 Å². The first-order chi connectivity index (χ1) is 7.73. The van der Waals surface area contributed by atoms with Gasteiger partial charge in [0.05, 0.1) is 7.11 Å². The zero-order valence-corrected chi connectivity index (χ0v) is 11.5. The SMILES string of the molecule is COC(=O)C(C)(N)c1c(C)c(C)cc(C)c1C. The van der Waals surface area contributed by atoms with Crippen LogP contribution >= 0.6 is 0 Å². The molecular weight excluding hydrogens is 214 g/mol. The molecule has 17 heavy (non-hydrogen) atoms. The van der Waals surface area contributed by atoms with Gasteiger partial charge >= 0.3 is 5.97 Å². The smallest absolute Gasteiger partial charge is 0.330 e. The van der Waals surface area contributed by atoms with Crippen LogP contribution in [0.25, 0.3) is 0 Å². The van der Waals surface area contributed by atoms with Crippen LogP contribution in [0.15, 0.2) is 6.07 Å². The number of ether oxygens (including phenoxy) is 1. The van der Waals surface area contributed by atoms with Crippen LogP contribution in [0.4, 0.5) is 0 Å². The number of methoxy groups -OCH3 is 1. The van der Waals surface area contributed by atoms with E-state index in [0.717, 1.165) is 27.8 Å². The van der Waals surface area contributed by atoms with Crippen molar-refractivity contribution < 1.29 is 9.53 Å². The van der Waals surface area contributed by atoms with Gasteiger partial charge in [0, 0.05) is 0 Å². The van der Waals surface area contributed by atoms with Crippen molar-refractivity contribution in [1.29, 1.82) is 0 Å². The molecule has 0 aliphatic heterocycles. The Morgan fingerprint density at radius 3 is 1.94 bits per heavy atom. The van der Waals surface area contributed by atoms with Gasteiger partial charge in [-0.25, -0.2) is 4.79 Å². The van der Waals surface area contributed by atoms with Crippen LogP contribution in [0, 0.1) is 27.7 Å². The molecule has 0 saturated heterocycles. The van der Waals surface area contributed by atoms with E-state index in [1.165, 1.54) is 7.11 Å². The number of hydrogen-bond donors (Lipinski definition) is 1. The summed E-state index contributed by atoms with van der Waals surface area (Å²) in [6.45, 7) is 9.74. The van der Waals surface area contributed by atoms with Crippen molar-refractivity contribution in [2.45, 2.75) is 40.2 Å². The van der Waals surface area contributed by atoms with Crippen molar-refractivity contribution in [3.8, 4) is 0 Å². The lowest BCUT2D eigenvalue weighted by molar-refractivity contribution is -0.146. The Morgan fingerprint density at radius 2 is 1.59 bits per heavy atom. The first-order valence-corrected chi connectivity index (χ1v) is 5.68. The number of carbonyl (C=O) groups excluding carboxylic acids is 1. The van der Waals surface area contributed by atoms with Crippen molar-refractivity contribution in [3.63, 3.8) is 0 Å². The summed E-state index contributed by atoms with van der Waals surface area (Å²) < 4.78 is 4.80. The third-order valence-corrected chi connectivity index (χ3v) is 3.49. The fourth-order valence-corrected chi connectivity index (χ4v) is 2.31. The summed E-state index contributed by atoms with van der Waals surface area (Å²) in [5, 5.41) is 0. The molecule has 0 bridgehead atoms. The van der Waals surface area contributed by atoms with Gasteiger partial charge in [-0.15, -0.1) is 0 Å². The quantitative estimate of drug-likeness (QED) is 0.800. The molecule has 3 nitrogen and oxygen atoms in total. The van der Waals surface area contributed by atoms with Gasteiger partial charge in [0.15, 0.2) is 0 Å². The maximum atomic E-state index is 11.8. The number of benzene rings is 1. The predicted octanol–water partition coefficient (Wildman–Crippen LogP) is 2.27. The minimum Gasteiger partial charge on any atom is -0.467 e. The molecular formula is C14H21NO2. The molecule has 1 aromatic rings. The molecule has 3 heteroatoms. The second-order valence-corrected chi connectivity index (χ2v) is 4.83. The van der Waals surface area contributed by atoms with E-state index in [1.807, 2.05) is 27.7 Å². The number of nitrogens with two attached hydrogens (primary N) is 1. The molecule has 0 saturated carbocycles. The van der Waals surface area contributed by atoms with Gasteiger partial charge in [-0.1, -0.05) is 6.07 Å². The Labute approximate surface area is 103 Å². The highest BCUT2D eigenvalue weighted by Crippen LogP contribution is 2.30. The van der Waals surface area contributed by atoms with Crippen molar-refractivity contribution in [2.24, 2.45) is 5.73 Å². The number of rotatable bonds is 2. The summed E-state index contributed by atoms with van der Waals surface area (Å²) >= 11 is 0. The number of hydrogen-bond acceptors (Lipinski definition) is 3. The topological polar surface area (TPSA) is 52.3 Å². The maximum Gasteiger partial charge on any atom is 0.330 e. The largest absolute Gasteiger partial charge is 0.467 e. The van der Waals surface area contributed by atoms with E-state index < -0.39 is 11.5 Å². The lowest BCUT2D eigenvalue weighted by atomic mass is 9.82. The Hall–Kier alpha value is -1.35. The Kier molecular flexibility index (Phi) is 3.62. The van der Waals surface area contributed by atoms with Crippen molar-refractivity contribution in [1.82, 2.24) is 0 Å². The Balaban J connectivity index is 3.55. The molecule has 0 fully saturated rings. The van der Waals surface area contributed by atoms with E-state index in [0.29, 0.717) is 0 Å². The van der Waals surface area contributed by atoms with Crippen LogP contribution in [0.2, 0.25) is 0 Å². The lowest BCUT2D eigenvalue weighted by Gasteiger charge is -2.28. The molecule has 0 aliphatic rings. The third-order valence-electron chi connectivity index (χ3n) is 3.49. The second-order valence-electron chi connectivity index (χ2n) is 4.83. The van der Waals surface area contributed by atoms with Crippen LogP contribution in [-0.2, 0) is 15.1 Å². The first kappa shape index (κ1) is 13.7. The molecule has 0 aromatic heterocycles. The van der Waals surface area contributed by atoms with E-state index >= 15 is 0 Å². The predicted molar refractivity (Wildman–Crippen MR) is 68.9 cm³/mol. The minimum atomic E-state index is -1.10. The normalized spacial score (nSPS) is 14.3. The van der Waals surface area contributed by atoms with Crippen LogP contribution in [0.3, 0.4) is 0 Å². The standard InChI is InChI=1S/C14H21NO2/c1-8-7-9(2)11(4)12(10(8)3)14(5,15)13(16)17-6/h7H,15H2,1-6H3. The van der Waals surface area contributed by atoms with Gasteiger partial charge in [0.25, 0.3) is 0 Å². The molecule has 1 rings (SSSR count). The molecule has 0 spiro atoms. The van der Waals surface area contributed by atoms with E-state index in [9.17, 15) is 4.79 Å². The summed E-state index contributed by atoms with van der Waals surface area (Å²) in [6, 6.07) is 2.11. The average molecular weight is 235 g/mol. The zero-order valence-electron chi connectivity index (χ0n) is 11.5. The molecule has 1 aromatic carbocycles. The highest BCUT2D eigenvalue weighted by molar-refractivity contribution is 5.83. The van der Waals surface area contributed by atoms with E-state index in [-0.39, 0.29) is 0 Å². The molecule has 1 atom stereocenters. The van der Waals surface area contributed by atoms with Crippen molar-refractivity contribution in [2.75, 3.05) is 7.11 Å². The highest BCUT2D eigenvalue weighted by Gasteiger charge is 2.35. The number of aryl methyl sites for hydroxylation is 2. The zero-order chi connectivity index (χ0) is 13.4.